The molecule has 2 fully saturated rings. The third-order valence-electron chi connectivity index (χ3n) is 5.79. The lowest BCUT2D eigenvalue weighted by Crippen LogP contribution is -2.49. The van der Waals surface area contributed by atoms with Crippen LogP contribution < -0.4 is 5.32 Å². The molecule has 0 bridgehead atoms. The van der Waals surface area contributed by atoms with Crippen LogP contribution in [0.3, 0.4) is 0 Å². The number of aromatic amines is 1. The summed E-state index contributed by atoms with van der Waals surface area (Å²) in [7, 11) is 0. The number of hydrogen-bond donors (Lipinski definition) is 2. The van der Waals surface area contributed by atoms with Crippen LogP contribution in [-0.2, 0) is 4.79 Å². The fourth-order valence-corrected chi connectivity index (χ4v) is 3.99. The fourth-order valence-electron chi connectivity index (χ4n) is 3.99. The van der Waals surface area contributed by atoms with Crippen LogP contribution in [0.1, 0.15) is 71.6 Å². The van der Waals surface area contributed by atoms with E-state index in [-0.39, 0.29) is 35.5 Å². The van der Waals surface area contributed by atoms with Gasteiger partial charge in [-0.05, 0) is 58.9 Å². The number of ketones is 2. The van der Waals surface area contributed by atoms with Gasteiger partial charge in [-0.2, -0.15) is 0 Å². The Morgan fingerprint density at radius 2 is 1.73 bits per heavy atom. The van der Waals surface area contributed by atoms with E-state index in [1.807, 2.05) is 20.8 Å². The Morgan fingerprint density at radius 3 is 2.23 bits per heavy atom. The molecule has 1 aromatic heterocycles. The van der Waals surface area contributed by atoms with E-state index in [0.717, 1.165) is 50.0 Å². The quantitative estimate of drug-likeness (QED) is 0.764. The van der Waals surface area contributed by atoms with Crippen LogP contribution in [0, 0.1) is 19.8 Å². The number of rotatable bonds is 6. The molecular weight excluding hydrogens is 330 g/mol. The van der Waals surface area contributed by atoms with Gasteiger partial charge in [0.25, 0.3) is 0 Å². The maximum absolute atomic E-state index is 13.0. The monoisotopic (exact) mass is 359 g/mol. The number of hydrogen-bond acceptors (Lipinski definition) is 4. The van der Waals surface area contributed by atoms with Crippen molar-refractivity contribution in [2.45, 2.75) is 65.5 Å². The molecule has 2 heterocycles. The summed E-state index contributed by atoms with van der Waals surface area (Å²) >= 11 is 0. The number of Topliss-reactive ketones (excluding diaryl/α,β-unsaturated/α-hetero) is 2. The SMILES string of the molecule is CC(=O)c1c(C)[nH]c(C(=O)C(C)N2CCC(NC(=O)C3CC3)CC2)c1C. The molecule has 2 aliphatic rings. The van der Waals surface area contributed by atoms with Crippen LogP contribution in [0.4, 0.5) is 0 Å². The highest BCUT2D eigenvalue weighted by molar-refractivity contribution is 6.05. The maximum atomic E-state index is 13.0. The molecular formula is C20H29N3O3. The molecule has 2 N–H and O–H groups in total. The van der Waals surface area contributed by atoms with Crippen molar-refractivity contribution >= 4 is 17.5 Å². The number of carbonyl (C=O) groups is 3. The highest BCUT2D eigenvalue weighted by Gasteiger charge is 2.33. The first-order chi connectivity index (χ1) is 12.3. The highest BCUT2D eigenvalue weighted by Crippen LogP contribution is 2.29. The summed E-state index contributed by atoms with van der Waals surface area (Å²) in [6, 6.07) is -0.0212. The highest BCUT2D eigenvalue weighted by atomic mass is 16.2. The van der Waals surface area contributed by atoms with E-state index in [0.29, 0.717) is 11.3 Å². The number of nitrogens with zero attached hydrogens (tertiary/aromatic N) is 1. The first-order valence-electron chi connectivity index (χ1n) is 9.58. The van der Waals surface area contributed by atoms with Gasteiger partial charge in [0, 0.05) is 36.3 Å². The van der Waals surface area contributed by atoms with E-state index >= 15 is 0 Å². The Bertz CT molecular complexity index is 725. The molecule has 1 amide bonds. The van der Waals surface area contributed by atoms with E-state index in [9.17, 15) is 14.4 Å². The van der Waals surface area contributed by atoms with Gasteiger partial charge in [-0.3, -0.25) is 19.3 Å². The zero-order valence-corrected chi connectivity index (χ0v) is 16.1. The van der Waals surface area contributed by atoms with Gasteiger partial charge in [-0.15, -0.1) is 0 Å². The van der Waals surface area contributed by atoms with Gasteiger partial charge in [0.15, 0.2) is 11.6 Å². The van der Waals surface area contributed by atoms with E-state index in [1.54, 1.807) is 0 Å². The van der Waals surface area contributed by atoms with Crippen molar-refractivity contribution < 1.29 is 14.4 Å². The Balaban J connectivity index is 1.60. The first kappa shape index (κ1) is 18.8. The first-order valence-corrected chi connectivity index (χ1v) is 9.58. The number of nitrogens with one attached hydrogen (secondary N) is 2. The maximum Gasteiger partial charge on any atom is 0.223 e. The Hall–Kier alpha value is -1.95. The number of carbonyl (C=O) groups excluding carboxylic acids is 3. The zero-order chi connectivity index (χ0) is 19.0. The predicted molar refractivity (Wildman–Crippen MR) is 99.5 cm³/mol. The third-order valence-corrected chi connectivity index (χ3v) is 5.79. The van der Waals surface area contributed by atoms with Gasteiger partial charge >= 0.3 is 0 Å². The number of likely N-dealkylation sites (tertiary alicyclic amines) is 1. The Labute approximate surface area is 154 Å². The summed E-state index contributed by atoms with van der Waals surface area (Å²) in [5, 5.41) is 3.14. The summed E-state index contributed by atoms with van der Waals surface area (Å²) < 4.78 is 0. The summed E-state index contributed by atoms with van der Waals surface area (Å²) in [6.07, 6.45) is 3.79. The summed E-state index contributed by atoms with van der Waals surface area (Å²) in [5.41, 5.74) is 2.68. The van der Waals surface area contributed by atoms with E-state index < -0.39 is 0 Å². The minimum absolute atomic E-state index is 0.0184. The molecule has 1 unspecified atom stereocenters. The lowest BCUT2D eigenvalue weighted by atomic mass is 9.99. The summed E-state index contributed by atoms with van der Waals surface area (Å²) in [4.78, 5) is 41.9. The number of aromatic nitrogens is 1. The second-order valence-electron chi connectivity index (χ2n) is 7.81. The standard InChI is InChI=1S/C20H29N3O3/c1-11-17(14(4)24)12(2)21-18(11)19(25)13(3)23-9-7-16(8-10-23)22-20(26)15-5-6-15/h13,15-16,21H,5-10H2,1-4H3,(H,22,26). The summed E-state index contributed by atoms with van der Waals surface area (Å²) in [6.45, 7) is 8.71. The van der Waals surface area contributed by atoms with E-state index in [4.69, 9.17) is 0 Å². The van der Waals surface area contributed by atoms with Crippen molar-refractivity contribution in [1.82, 2.24) is 15.2 Å². The second-order valence-corrected chi connectivity index (χ2v) is 7.81. The minimum Gasteiger partial charge on any atom is -0.355 e. The molecule has 1 aliphatic carbocycles. The van der Waals surface area contributed by atoms with Crippen molar-refractivity contribution in [1.29, 1.82) is 0 Å². The topological polar surface area (TPSA) is 82.3 Å². The zero-order valence-electron chi connectivity index (χ0n) is 16.1. The van der Waals surface area contributed by atoms with Gasteiger partial charge < -0.3 is 10.3 Å². The van der Waals surface area contributed by atoms with E-state index in [1.165, 1.54) is 6.92 Å². The third kappa shape index (κ3) is 3.75. The van der Waals surface area contributed by atoms with Crippen LogP contribution in [0.5, 0.6) is 0 Å². The van der Waals surface area contributed by atoms with Crippen LogP contribution in [0.25, 0.3) is 0 Å². The molecule has 1 saturated heterocycles. The number of H-pyrrole nitrogens is 1. The van der Waals surface area contributed by atoms with Crippen LogP contribution in [0.2, 0.25) is 0 Å². The van der Waals surface area contributed by atoms with Gasteiger partial charge in [0.1, 0.15) is 0 Å². The van der Waals surface area contributed by atoms with Crippen LogP contribution in [-0.4, -0.2) is 52.5 Å². The predicted octanol–water partition coefficient (Wildman–Crippen LogP) is 2.40. The van der Waals surface area contributed by atoms with Crippen molar-refractivity contribution in [3.05, 3.63) is 22.5 Å². The van der Waals surface area contributed by atoms with Gasteiger partial charge in [-0.25, -0.2) is 0 Å². The molecule has 6 heteroatoms. The molecule has 1 saturated carbocycles. The van der Waals surface area contributed by atoms with Gasteiger partial charge in [0.2, 0.25) is 5.91 Å². The molecule has 1 aromatic rings. The van der Waals surface area contributed by atoms with Gasteiger partial charge in [-0.1, -0.05) is 0 Å². The van der Waals surface area contributed by atoms with Crippen molar-refractivity contribution in [2.75, 3.05) is 13.1 Å². The average Bonchev–Trinajstić information content (AvgIpc) is 3.39. The Morgan fingerprint density at radius 1 is 1.12 bits per heavy atom. The van der Waals surface area contributed by atoms with Gasteiger partial charge in [0.05, 0.1) is 11.7 Å². The molecule has 1 aliphatic heterocycles. The number of piperidine rings is 1. The van der Waals surface area contributed by atoms with E-state index in [2.05, 4.69) is 15.2 Å². The van der Waals surface area contributed by atoms with Crippen LogP contribution >= 0.6 is 0 Å². The largest absolute Gasteiger partial charge is 0.355 e. The minimum atomic E-state index is -0.244. The molecule has 26 heavy (non-hydrogen) atoms. The van der Waals surface area contributed by atoms with Crippen molar-refractivity contribution in [3.8, 4) is 0 Å². The lowest BCUT2D eigenvalue weighted by Gasteiger charge is -2.35. The van der Waals surface area contributed by atoms with Crippen LogP contribution in [0.15, 0.2) is 0 Å². The molecule has 6 nitrogen and oxygen atoms in total. The lowest BCUT2D eigenvalue weighted by molar-refractivity contribution is -0.123. The molecule has 0 radical (unpaired) electrons. The second kappa shape index (κ2) is 7.35. The molecule has 1 atom stereocenters. The number of aryl methyl sites for hydroxylation is 1. The molecule has 3 rings (SSSR count). The normalized spacial score (nSPS) is 20.0. The average molecular weight is 359 g/mol. The number of amides is 1. The fraction of sp³-hybridized carbons (Fsp3) is 0.650. The van der Waals surface area contributed by atoms with Crippen molar-refractivity contribution in [2.24, 2.45) is 5.92 Å². The molecule has 0 aromatic carbocycles. The Kier molecular flexibility index (Phi) is 5.32. The summed E-state index contributed by atoms with van der Waals surface area (Å²) in [5.74, 6) is 0.443. The smallest absolute Gasteiger partial charge is 0.223 e. The van der Waals surface area contributed by atoms with Crippen molar-refractivity contribution in [3.63, 3.8) is 0 Å². The molecule has 142 valence electrons. The molecule has 0 spiro atoms.